The lowest BCUT2D eigenvalue weighted by Crippen LogP contribution is -2.18. The van der Waals surface area contributed by atoms with Crippen LogP contribution in [0.4, 0.5) is 10.7 Å². The molecule has 0 aromatic carbocycles. The van der Waals surface area contributed by atoms with E-state index < -0.39 is 0 Å². The number of nitrogens with zero attached hydrogens (tertiary/aromatic N) is 1. The second-order valence-electron chi connectivity index (χ2n) is 5.69. The standard InChI is InChI=1S/C15H22N4OS/c1-9-4-3-5-10(7-6-9)19-15-11(8-16)12(17)13(21-15)14(20)18-2/h9-10,19H,3-7,17H2,1-2H3,(H,18,20). The molecule has 1 aliphatic carbocycles. The van der Waals surface area contributed by atoms with Crippen molar-refractivity contribution in [2.75, 3.05) is 18.1 Å². The van der Waals surface area contributed by atoms with E-state index in [-0.39, 0.29) is 11.6 Å². The summed E-state index contributed by atoms with van der Waals surface area (Å²) in [7, 11) is 1.56. The number of rotatable bonds is 3. The highest BCUT2D eigenvalue weighted by atomic mass is 32.1. The van der Waals surface area contributed by atoms with Crippen LogP contribution in [0.15, 0.2) is 0 Å². The molecule has 2 atom stereocenters. The van der Waals surface area contributed by atoms with Crippen LogP contribution in [0.1, 0.15) is 54.3 Å². The number of nitriles is 1. The Balaban J connectivity index is 2.19. The van der Waals surface area contributed by atoms with E-state index in [1.54, 1.807) is 7.05 Å². The molecule has 1 aromatic rings. The Kier molecular flexibility index (Phi) is 5.07. The molecule has 1 amide bonds. The van der Waals surface area contributed by atoms with E-state index >= 15 is 0 Å². The van der Waals surface area contributed by atoms with E-state index in [9.17, 15) is 10.1 Å². The highest BCUT2D eigenvalue weighted by Crippen LogP contribution is 2.37. The maximum Gasteiger partial charge on any atom is 0.263 e. The molecule has 1 aromatic heterocycles. The zero-order valence-electron chi connectivity index (χ0n) is 12.5. The van der Waals surface area contributed by atoms with Crippen LogP contribution in [-0.2, 0) is 0 Å². The number of hydrogen-bond donors (Lipinski definition) is 3. The van der Waals surface area contributed by atoms with Gasteiger partial charge in [-0.1, -0.05) is 19.8 Å². The van der Waals surface area contributed by atoms with Crippen molar-refractivity contribution in [3.63, 3.8) is 0 Å². The minimum Gasteiger partial charge on any atom is -0.396 e. The first-order valence-corrected chi connectivity index (χ1v) is 8.19. The van der Waals surface area contributed by atoms with E-state index in [1.807, 2.05) is 0 Å². The first-order chi connectivity index (χ1) is 10.1. The molecule has 114 valence electrons. The fourth-order valence-corrected chi connectivity index (χ4v) is 3.85. The summed E-state index contributed by atoms with van der Waals surface area (Å²) in [5.74, 6) is 0.526. The van der Waals surface area contributed by atoms with Crippen LogP contribution >= 0.6 is 11.3 Å². The van der Waals surface area contributed by atoms with Crippen molar-refractivity contribution in [1.82, 2.24) is 5.32 Å². The van der Waals surface area contributed by atoms with Gasteiger partial charge in [-0.25, -0.2) is 0 Å². The van der Waals surface area contributed by atoms with E-state index in [4.69, 9.17) is 5.73 Å². The van der Waals surface area contributed by atoms with E-state index in [2.05, 4.69) is 23.6 Å². The molecule has 0 aliphatic heterocycles. The van der Waals surface area contributed by atoms with Crippen LogP contribution in [0.25, 0.3) is 0 Å². The van der Waals surface area contributed by atoms with Gasteiger partial charge in [0, 0.05) is 13.1 Å². The Labute approximate surface area is 129 Å². The average Bonchev–Trinajstić information content (AvgIpc) is 2.64. The lowest BCUT2D eigenvalue weighted by molar-refractivity contribution is 0.0968. The van der Waals surface area contributed by atoms with Gasteiger partial charge < -0.3 is 16.4 Å². The third-order valence-electron chi connectivity index (χ3n) is 4.08. The van der Waals surface area contributed by atoms with Crippen molar-refractivity contribution in [2.45, 2.75) is 45.1 Å². The van der Waals surface area contributed by atoms with Gasteiger partial charge in [-0.2, -0.15) is 5.26 Å². The van der Waals surface area contributed by atoms with Crippen molar-refractivity contribution in [3.8, 4) is 6.07 Å². The third-order valence-corrected chi connectivity index (χ3v) is 5.22. The number of amides is 1. The largest absolute Gasteiger partial charge is 0.396 e. The van der Waals surface area contributed by atoms with E-state index in [0.29, 0.717) is 16.5 Å². The summed E-state index contributed by atoms with van der Waals surface area (Å²) < 4.78 is 0. The van der Waals surface area contributed by atoms with Crippen LogP contribution in [-0.4, -0.2) is 19.0 Å². The minimum atomic E-state index is -0.239. The maximum absolute atomic E-state index is 11.8. The van der Waals surface area contributed by atoms with Gasteiger partial charge in [0.1, 0.15) is 21.5 Å². The van der Waals surface area contributed by atoms with Crippen molar-refractivity contribution >= 4 is 27.9 Å². The van der Waals surface area contributed by atoms with Gasteiger partial charge in [0.05, 0.1) is 5.69 Å². The number of anilines is 2. The van der Waals surface area contributed by atoms with E-state index in [0.717, 1.165) is 23.8 Å². The SMILES string of the molecule is CNC(=O)c1sc(NC2CCCC(C)CC2)c(C#N)c1N. The third kappa shape index (κ3) is 3.48. The lowest BCUT2D eigenvalue weighted by Gasteiger charge is -2.16. The van der Waals surface area contributed by atoms with Crippen LogP contribution in [0.5, 0.6) is 0 Å². The molecule has 21 heavy (non-hydrogen) atoms. The first-order valence-electron chi connectivity index (χ1n) is 7.37. The zero-order valence-corrected chi connectivity index (χ0v) is 13.3. The highest BCUT2D eigenvalue weighted by molar-refractivity contribution is 7.18. The van der Waals surface area contributed by atoms with Gasteiger partial charge in [-0.05, 0) is 25.2 Å². The fourth-order valence-electron chi connectivity index (χ4n) is 2.76. The second-order valence-corrected chi connectivity index (χ2v) is 6.72. The molecular formula is C15H22N4OS. The predicted molar refractivity (Wildman–Crippen MR) is 86.5 cm³/mol. The van der Waals surface area contributed by atoms with Gasteiger partial charge >= 0.3 is 0 Å². The summed E-state index contributed by atoms with van der Waals surface area (Å²) in [6.07, 6.45) is 5.85. The molecular weight excluding hydrogens is 284 g/mol. The van der Waals surface area contributed by atoms with Crippen molar-refractivity contribution < 1.29 is 4.79 Å². The Morgan fingerprint density at radius 3 is 2.81 bits per heavy atom. The quantitative estimate of drug-likeness (QED) is 0.749. The normalized spacial score (nSPS) is 22.1. The van der Waals surface area contributed by atoms with Crippen LogP contribution in [0.2, 0.25) is 0 Å². The smallest absolute Gasteiger partial charge is 0.263 e. The highest BCUT2D eigenvalue weighted by Gasteiger charge is 2.23. The minimum absolute atomic E-state index is 0.239. The van der Waals surface area contributed by atoms with E-state index in [1.165, 1.54) is 30.6 Å². The van der Waals surface area contributed by atoms with Gasteiger partial charge in [0.15, 0.2) is 0 Å². The summed E-state index contributed by atoms with van der Waals surface area (Å²) in [4.78, 5) is 12.2. The predicted octanol–water partition coefficient (Wildman–Crippen LogP) is 2.94. The second kappa shape index (κ2) is 6.81. The van der Waals surface area contributed by atoms with Crippen LogP contribution in [0, 0.1) is 17.2 Å². The number of nitrogens with one attached hydrogen (secondary N) is 2. The average molecular weight is 306 g/mol. The lowest BCUT2D eigenvalue weighted by atomic mass is 10.0. The number of nitrogen functional groups attached to an aromatic ring is 1. The van der Waals surface area contributed by atoms with Crippen LogP contribution in [0.3, 0.4) is 0 Å². The molecule has 2 unspecified atom stereocenters. The molecule has 0 bridgehead atoms. The molecule has 6 heteroatoms. The molecule has 0 spiro atoms. The summed E-state index contributed by atoms with van der Waals surface area (Å²) >= 11 is 1.27. The maximum atomic E-state index is 11.8. The van der Waals surface area contributed by atoms with Gasteiger partial charge in [0.2, 0.25) is 0 Å². The molecule has 1 aliphatic rings. The molecule has 0 saturated heterocycles. The Hall–Kier alpha value is -1.74. The summed E-state index contributed by atoms with van der Waals surface area (Å²) in [5.41, 5.74) is 6.62. The molecule has 1 saturated carbocycles. The summed E-state index contributed by atoms with van der Waals surface area (Å²) in [5, 5.41) is 16.0. The van der Waals surface area contributed by atoms with Gasteiger partial charge in [-0.15, -0.1) is 11.3 Å². The Bertz CT molecular complexity index is 561. The number of hydrogen-bond acceptors (Lipinski definition) is 5. The van der Waals surface area contributed by atoms with Crippen molar-refractivity contribution in [2.24, 2.45) is 5.92 Å². The zero-order chi connectivity index (χ0) is 15.4. The first kappa shape index (κ1) is 15.6. The molecule has 0 radical (unpaired) electrons. The molecule has 1 heterocycles. The summed E-state index contributed by atoms with van der Waals surface area (Å²) in [6, 6.07) is 2.48. The number of carbonyl (C=O) groups excluding carboxylic acids is 1. The Morgan fingerprint density at radius 2 is 2.14 bits per heavy atom. The molecule has 4 N–H and O–H groups in total. The molecule has 1 fully saturated rings. The number of nitrogens with two attached hydrogens (primary N) is 1. The Morgan fingerprint density at radius 1 is 1.38 bits per heavy atom. The van der Waals surface area contributed by atoms with Gasteiger partial charge in [0.25, 0.3) is 5.91 Å². The molecule has 2 rings (SSSR count). The number of carbonyl (C=O) groups is 1. The summed E-state index contributed by atoms with van der Waals surface area (Å²) in [6.45, 7) is 2.29. The van der Waals surface area contributed by atoms with Crippen LogP contribution < -0.4 is 16.4 Å². The van der Waals surface area contributed by atoms with Crippen molar-refractivity contribution in [3.05, 3.63) is 10.4 Å². The van der Waals surface area contributed by atoms with Gasteiger partial charge in [-0.3, -0.25) is 4.79 Å². The topological polar surface area (TPSA) is 90.9 Å². The van der Waals surface area contributed by atoms with Crippen molar-refractivity contribution in [1.29, 1.82) is 5.26 Å². The fraction of sp³-hybridized carbons (Fsp3) is 0.600. The monoisotopic (exact) mass is 306 g/mol. The molecule has 5 nitrogen and oxygen atoms in total. The number of thiophene rings is 1.